The normalized spacial score (nSPS) is 42.5. The molecule has 188 valence electrons. The fraction of sp³-hybridized carbons (Fsp3) is 0.964. The van der Waals surface area contributed by atoms with Crippen LogP contribution in [0.25, 0.3) is 0 Å². The molecule has 0 aromatic heterocycles. The fourth-order valence-corrected chi connectivity index (χ4v) is 8.65. The van der Waals surface area contributed by atoms with Gasteiger partial charge in [0.05, 0.1) is 7.11 Å². The molecule has 32 heavy (non-hydrogen) atoms. The van der Waals surface area contributed by atoms with Gasteiger partial charge in [0, 0.05) is 18.8 Å². The van der Waals surface area contributed by atoms with Gasteiger partial charge in [-0.1, -0.05) is 61.3 Å². The van der Waals surface area contributed by atoms with Crippen LogP contribution >= 0.6 is 0 Å². The summed E-state index contributed by atoms with van der Waals surface area (Å²) in [6.45, 7) is 14.7. The molecule has 0 spiro atoms. The summed E-state index contributed by atoms with van der Waals surface area (Å²) in [7, 11) is 1.43. The standard InChI is InChI=1S/C24H38F2O2.2C2H6/c1-15(13-20(27)28-4)17-8-9-18-21-19(10-12-23(17,18)3)22(2)11-6-5-7-16(22)14-24(21,25)26;2*1-2/h15-19,21H,5-14H2,1-4H3;2*1-2H3/t15-,16?,17?,18?,19?,21?,22?,23?;;/m1../s1. The summed E-state index contributed by atoms with van der Waals surface area (Å²) in [5.74, 6) is -2.12. The highest BCUT2D eigenvalue weighted by Crippen LogP contribution is 2.71. The number of halogens is 2. The van der Waals surface area contributed by atoms with Crippen molar-refractivity contribution in [3.63, 3.8) is 0 Å². The Bertz CT molecular complexity index is 621. The summed E-state index contributed by atoms with van der Waals surface area (Å²) in [6, 6.07) is 0. The van der Waals surface area contributed by atoms with Crippen LogP contribution < -0.4 is 0 Å². The highest BCUT2D eigenvalue weighted by Gasteiger charge is 2.67. The molecule has 0 bridgehead atoms. The molecule has 2 nitrogen and oxygen atoms in total. The van der Waals surface area contributed by atoms with E-state index in [1.165, 1.54) is 13.5 Å². The molecule has 0 aromatic carbocycles. The summed E-state index contributed by atoms with van der Waals surface area (Å²) in [5.41, 5.74) is 0.0531. The highest BCUT2D eigenvalue weighted by atomic mass is 19.3. The van der Waals surface area contributed by atoms with E-state index in [0.717, 1.165) is 44.9 Å². The van der Waals surface area contributed by atoms with Crippen LogP contribution in [0.2, 0.25) is 0 Å². The first-order valence-corrected chi connectivity index (χ1v) is 13.6. The largest absolute Gasteiger partial charge is 0.469 e. The molecular formula is C28H50F2O2. The van der Waals surface area contributed by atoms with Crippen LogP contribution in [-0.4, -0.2) is 19.0 Å². The molecule has 7 unspecified atom stereocenters. The van der Waals surface area contributed by atoms with E-state index in [4.69, 9.17) is 4.74 Å². The second-order valence-electron chi connectivity index (χ2n) is 11.1. The molecule has 0 saturated heterocycles. The Labute approximate surface area is 196 Å². The number of fused-ring (bicyclic) bond motifs is 5. The minimum Gasteiger partial charge on any atom is -0.469 e. The summed E-state index contributed by atoms with van der Waals surface area (Å²) in [4.78, 5) is 11.8. The van der Waals surface area contributed by atoms with Crippen molar-refractivity contribution in [2.24, 2.45) is 46.3 Å². The average Bonchev–Trinajstić information content (AvgIpc) is 3.13. The number of hydrogen-bond donors (Lipinski definition) is 0. The van der Waals surface area contributed by atoms with Crippen molar-refractivity contribution in [3.8, 4) is 0 Å². The van der Waals surface area contributed by atoms with E-state index in [1.807, 2.05) is 27.7 Å². The van der Waals surface area contributed by atoms with Gasteiger partial charge in [-0.25, -0.2) is 8.78 Å². The van der Waals surface area contributed by atoms with Crippen LogP contribution in [-0.2, 0) is 9.53 Å². The van der Waals surface area contributed by atoms with Crippen molar-refractivity contribution in [1.82, 2.24) is 0 Å². The topological polar surface area (TPSA) is 26.3 Å². The maximum atomic E-state index is 15.6. The molecule has 8 atom stereocenters. The molecule has 0 radical (unpaired) electrons. The second kappa shape index (κ2) is 10.7. The first-order valence-electron chi connectivity index (χ1n) is 13.6. The zero-order chi connectivity index (χ0) is 24.3. The predicted molar refractivity (Wildman–Crippen MR) is 129 cm³/mol. The van der Waals surface area contributed by atoms with Gasteiger partial charge in [-0.05, 0) is 78.9 Å². The van der Waals surface area contributed by atoms with E-state index < -0.39 is 11.8 Å². The third kappa shape index (κ3) is 4.63. The van der Waals surface area contributed by atoms with Crippen molar-refractivity contribution in [1.29, 1.82) is 0 Å². The smallest absolute Gasteiger partial charge is 0.305 e. The van der Waals surface area contributed by atoms with Gasteiger partial charge in [-0.3, -0.25) is 4.79 Å². The maximum absolute atomic E-state index is 15.6. The SMILES string of the molecule is CC.CC.COC(=O)C[C@@H](C)C1CCC2C3C(CCC21C)C1(C)CCCCC1CC3(F)F. The molecule has 4 saturated carbocycles. The van der Waals surface area contributed by atoms with E-state index in [9.17, 15) is 4.79 Å². The molecule has 4 rings (SSSR count). The van der Waals surface area contributed by atoms with Gasteiger partial charge in [0.2, 0.25) is 0 Å². The summed E-state index contributed by atoms with van der Waals surface area (Å²) >= 11 is 0. The van der Waals surface area contributed by atoms with Crippen molar-refractivity contribution in [3.05, 3.63) is 0 Å². The summed E-state index contributed by atoms with van der Waals surface area (Å²) < 4.78 is 36.1. The fourth-order valence-electron chi connectivity index (χ4n) is 8.65. The van der Waals surface area contributed by atoms with Gasteiger partial charge in [-0.15, -0.1) is 0 Å². The molecule has 4 aliphatic rings. The lowest BCUT2D eigenvalue weighted by atomic mass is 9.43. The minimum absolute atomic E-state index is 0.0596. The first-order chi connectivity index (χ1) is 15.1. The van der Waals surface area contributed by atoms with Crippen LogP contribution in [0.15, 0.2) is 0 Å². The molecule has 0 N–H and O–H groups in total. The van der Waals surface area contributed by atoms with Gasteiger partial charge in [-0.2, -0.15) is 0 Å². The van der Waals surface area contributed by atoms with Gasteiger partial charge in [0.25, 0.3) is 5.92 Å². The molecule has 4 heteroatoms. The quantitative estimate of drug-likeness (QED) is 0.398. The van der Waals surface area contributed by atoms with Crippen molar-refractivity contribution in [2.45, 2.75) is 119 Å². The maximum Gasteiger partial charge on any atom is 0.305 e. The number of esters is 1. The Morgan fingerprint density at radius 3 is 2.19 bits per heavy atom. The van der Waals surface area contributed by atoms with E-state index in [2.05, 4.69) is 20.8 Å². The molecule has 4 fully saturated rings. The number of rotatable bonds is 3. The highest BCUT2D eigenvalue weighted by molar-refractivity contribution is 5.69. The molecule has 0 heterocycles. The van der Waals surface area contributed by atoms with Crippen LogP contribution in [0.3, 0.4) is 0 Å². The lowest BCUT2D eigenvalue weighted by Crippen LogP contribution is -2.60. The van der Waals surface area contributed by atoms with Gasteiger partial charge >= 0.3 is 5.97 Å². The Balaban J connectivity index is 0.000000860. The van der Waals surface area contributed by atoms with E-state index in [-0.39, 0.29) is 46.9 Å². The van der Waals surface area contributed by atoms with Crippen molar-refractivity contribution >= 4 is 5.97 Å². The lowest BCUT2D eigenvalue weighted by molar-refractivity contribution is -0.232. The Kier molecular flexibility index (Phi) is 9.24. The molecule has 0 aromatic rings. The Hall–Kier alpha value is -0.670. The van der Waals surface area contributed by atoms with E-state index in [0.29, 0.717) is 12.3 Å². The number of carbonyl (C=O) groups is 1. The number of carbonyl (C=O) groups excluding carboxylic acids is 1. The number of hydrogen-bond acceptors (Lipinski definition) is 2. The van der Waals surface area contributed by atoms with Crippen molar-refractivity contribution < 1.29 is 18.3 Å². The van der Waals surface area contributed by atoms with Crippen LogP contribution in [0.4, 0.5) is 8.78 Å². The number of ether oxygens (including phenoxy) is 1. The summed E-state index contributed by atoms with van der Waals surface area (Å²) in [6.07, 6.45) is 8.88. The minimum atomic E-state index is -2.53. The van der Waals surface area contributed by atoms with Crippen LogP contribution in [0.5, 0.6) is 0 Å². The number of methoxy groups -OCH3 is 1. The first kappa shape index (κ1) is 27.6. The third-order valence-corrected chi connectivity index (χ3v) is 10.1. The van der Waals surface area contributed by atoms with Crippen molar-refractivity contribution in [2.75, 3.05) is 7.11 Å². The molecule has 0 amide bonds. The average molecular weight is 457 g/mol. The number of alkyl halides is 2. The molecular weight excluding hydrogens is 406 g/mol. The monoisotopic (exact) mass is 456 g/mol. The zero-order valence-corrected chi connectivity index (χ0v) is 22.1. The van der Waals surface area contributed by atoms with E-state index >= 15 is 8.78 Å². The molecule has 4 aliphatic carbocycles. The Morgan fingerprint density at radius 2 is 1.56 bits per heavy atom. The third-order valence-electron chi connectivity index (χ3n) is 10.1. The zero-order valence-electron chi connectivity index (χ0n) is 22.1. The lowest BCUT2D eigenvalue weighted by Gasteiger charge is -2.62. The van der Waals surface area contributed by atoms with Gasteiger partial charge < -0.3 is 4.74 Å². The van der Waals surface area contributed by atoms with Crippen LogP contribution in [0.1, 0.15) is 113 Å². The molecule has 0 aliphatic heterocycles. The van der Waals surface area contributed by atoms with E-state index in [1.54, 1.807) is 0 Å². The summed E-state index contributed by atoms with van der Waals surface area (Å²) in [5, 5.41) is 0. The second-order valence-corrected chi connectivity index (χ2v) is 11.1. The van der Waals surface area contributed by atoms with Gasteiger partial charge in [0.1, 0.15) is 0 Å². The van der Waals surface area contributed by atoms with Gasteiger partial charge in [0.15, 0.2) is 0 Å². The Morgan fingerprint density at radius 1 is 0.938 bits per heavy atom. The predicted octanol–water partition coefficient (Wildman–Crippen LogP) is 8.53. The van der Waals surface area contributed by atoms with Crippen LogP contribution in [0, 0.1) is 46.3 Å².